The van der Waals surface area contributed by atoms with Crippen LogP contribution in [0.5, 0.6) is 0 Å². The molecular weight excluding hydrogens is 611 g/mol. The molecule has 0 aromatic carbocycles. The predicted octanol–water partition coefficient (Wildman–Crippen LogP) is 16.3. The van der Waals surface area contributed by atoms with Gasteiger partial charge in [-0.3, -0.25) is 13.6 Å². The largest absolute Gasteiger partial charge is 0.474 e. The minimum atomic E-state index is -3.40. The second kappa shape index (κ2) is 38.3. The van der Waals surface area contributed by atoms with Gasteiger partial charge in [0.25, 0.3) is 0 Å². The molecule has 0 N–H and O–H groups in total. The van der Waals surface area contributed by atoms with Crippen LogP contribution >= 0.6 is 7.82 Å². The van der Waals surface area contributed by atoms with Crippen LogP contribution in [-0.4, -0.2) is 19.8 Å². The molecule has 0 aromatic rings. The van der Waals surface area contributed by atoms with Gasteiger partial charge in [-0.05, 0) is 42.9 Å². The molecule has 5 heteroatoms. The summed E-state index contributed by atoms with van der Waals surface area (Å²) >= 11 is 0. The minimum Gasteiger partial charge on any atom is -0.287 e. The number of unbranched alkanes of at least 4 members (excludes halogenated alkanes) is 15. The minimum absolute atomic E-state index is 0.469. The van der Waals surface area contributed by atoms with Crippen molar-refractivity contribution in [1.82, 2.24) is 0 Å². The first-order valence-corrected chi connectivity index (χ1v) is 23.1. The summed E-state index contributed by atoms with van der Waals surface area (Å²) < 4.78 is 29.9. The third kappa shape index (κ3) is 40.5. The number of hydrogen-bond acceptors (Lipinski definition) is 4. The zero-order chi connectivity index (χ0) is 36.1. The Balaban J connectivity index is 0. The molecule has 0 saturated carbocycles. The monoisotopic (exact) mass is 703 g/mol. The molecule has 0 spiro atoms. The quantitative estimate of drug-likeness (QED) is 0.0481. The van der Waals surface area contributed by atoms with Crippen molar-refractivity contribution >= 4 is 7.82 Å². The van der Waals surface area contributed by atoms with Crippen LogP contribution in [0.15, 0.2) is 0 Å². The maximum atomic E-state index is 13.0. The molecule has 2 unspecified atom stereocenters. The summed E-state index contributed by atoms with van der Waals surface area (Å²) in [6, 6.07) is 0. The number of phosphoric ester groups is 1. The van der Waals surface area contributed by atoms with Crippen LogP contribution in [0.2, 0.25) is 0 Å². The van der Waals surface area contributed by atoms with E-state index in [0.717, 1.165) is 62.2 Å². The molecule has 0 bridgehead atoms. The molecule has 4 nitrogen and oxygen atoms in total. The Labute approximate surface area is 304 Å². The molecule has 0 aliphatic rings. The van der Waals surface area contributed by atoms with E-state index in [1.54, 1.807) is 0 Å². The third-order valence-electron chi connectivity index (χ3n) is 9.59. The molecule has 292 valence electrons. The standard InChI is InChI=1S/C24H51O4P.C19H40/c1-4-7-10-13-16-19-22-26-29(25,27-23-20-17-14-11-8-5-2)28-24-21-18-15-12-9-6-3;1-16(2)10-7-12-18(5)14-9-15-19(6)13-8-11-17(3)4/h4-24H2,1-3H3;16-19H,7-15H2,1-6H3. The third-order valence-corrected chi connectivity index (χ3v) is 11.1. The van der Waals surface area contributed by atoms with Gasteiger partial charge in [-0.15, -0.1) is 0 Å². The lowest BCUT2D eigenvalue weighted by Gasteiger charge is -2.18. The van der Waals surface area contributed by atoms with Crippen LogP contribution in [0, 0.1) is 23.7 Å². The molecule has 0 amide bonds. The Kier molecular flexibility index (Phi) is 40.1. The van der Waals surface area contributed by atoms with Crippen molar-refractivity contribution in [3.05, 3.63) is 0 Å². The summed E-state index contributed by atoms with van der Waals surface area (Å²) in [6.07, 6.45) is 34.2. The first kappa shape index (κ1) is 50.2. The van der Waals surface area contributed by atoms with Crippen LogP contribution in [0.3, 0.4) is 0 Å². The molecular formula is C43H91O4P. The summed E-state index contributed by atoms with van der Waals surface area (Å²) in [5.41, 5.74) is 0. The molecule has 0 rings (SSSR count). The van der Waals surface area contributed by atoms with Crippen molar-refractivity contribution < 1.29 is 18.1 Å². The van der Waals surface area contributed by atoms with Gasteiger partial charge in [0.05, 0.1) is 19.8 Å². The van der Waals surface area contributed by atoms with Crippen molar-refractivity contribution in [2.45, 2.75) is 236 Å². The van der Waals surface area contributed by atoms with E-state index in [0.29, 0.717) is 19.8 Å². The van der Waals surface area contributed by atoms with E-state index in [9.17, 15) is 4.57 Å². The highest BCUT2D eigenvalue weighted by Crippen LogP contribution is 2.50. The summed E-state index contributed by atoms with van der Waals surface area (Å²) in [4.78, 5) is 0. The van der Waals surface area contributed by atoms with E-state index in [4.69, 9.17) is 13.6 Å². The van der Waals surface area contributed by atoms with Crippen molar-refractivity contribution in [2.75, 3.05) is 19.8 Å². The van der Waals surface area contributed by atoms with Gasteiger partial charge < -0.3 is 0 Å². The van der Waals surface area contributed by atoms with Gasteiger partial charge in [0.1, 0.15) is 0 Å². The normalized spacial score (nSPS) is 13.2. The lowest BCUT2D eigenvalue weighted by molar-refractivity contribution is 0.108. The van der Waals surface area contributed by atoms with E-state index >= 15 is 0 Å². The molecule has 0 aromatic heterocycles. The number of hydrogen-bond donors (Lipinski definition) is 0. The second-order valence-corrected chi connectivity index (χ2v) is 17.7. The van der Waals surface area contributed by atoms with E-state index in [-0.39, 0.29) is 0 Å². The topological polar surface area (TPSA) is 44.8 Å². The zero-order valence-corrected chi connectivity index (χ0v) is 35.5. The van der Waals surface area contributed by atoms with E-state index in [1.807, 2.05) is 0 Å². The molecule has 0 aliphatic heterocycles. The van der Waals surface area contributed by atoms with Crippen LogP contribution < -0.4 is 0 Å². The number of phosphoric acid groups is 1. The summed E-state index contributed by atoms with van der Waals surface area (Å²) in [5.74, 6) is 3.66. The van der Waals surface area contributed by atoms with Crippen molar-refractivity contribution in [2.24, 2.45) is 23.7 Å². The Bertz CT molecular complexity index is 580. The van der Waals surface area contributed by atoms with E-state index in [1.165, 1.54) is 135 Å². The average molecular weight is 703 g/mol. The fraction of sp³-hybridized carbons (Fsp3) is 1.00. The van der Waals surface area contributed by atoms with Gasteiger partial charge in [0, 0.05) is 0 Å². The van der Waals surface area contributed by atoms with Crippen LogP contribution in [0.25, 0.3) is 0 Å². The fourth-order valence-electron chi connectivity index (χ4n) is 6.14. The summed E-state index contributed by atoms with van der Waals surface area (Å²) in [7, 11) is -3.40. The lowest BCUT2D eigenvalue weighted by Crippen LogP contribution is -2.04. The van der Waals surface area contributed by atoms with Crippen LogP contribution in [0.4, 0.5) is 0 Å². The smallest absolute Gasteiger partial charge is 0.287 e. The first-order chi connectivity index (χ1) is 23.1. The summed E-state index contributed by atoms with van der Waals surface area (Å²) in [5, 5.41) is 0. The zero-order valence-electron chi connectivity index (χ0n) is 34.6. The van der Waals surface area contributed by atoms with Crippen molar-refractivity contribution in [3.8, 4) is 0 Å². The molecule has 0 saturated heterocycles. The lowest BCUT2D eigenvalue weighted by atomic mass is 9.91. The van der Waals surface area contributed by atoms with Crippen molar-refractivity contribution in [1.29, 1.82) is 0 Å². The van der Waals surface area contributed by atoms with E-state index in [2.05, 4.69) is 62.3 Å². The van der Waals surface area contributed by atoms with Gasteiger partial charge in [0.2, 0.25) is 0 Å². The van der Waals surface area contributed by atoms with Crippen molar-refractivity contribution in [3.63, 3.8) is 0 Å². The fourth-order valence-corrected chi connectivity index (χ4v) is 7.42. The average Bonchev–Trinajstić information content (AvgIpc) is 3.03. The number of rotatable bonds is 36. The molecule has 0 radical (unpaired) electrons. The van der Waals surface area contributed by atoms with Gasteiger partial charge in [-0.2, -0.15) is 0 Å². The Morgan fingerprint density at radius 1 is 0.354 bits per heavy atom. The first-order valence-electron chi connectivity index (χ1n) is 21.6. The van der Waals surface area contributed by atoms with Gasteiger partial charge in [-0.1, -0.05) is 216 Å². The van der Waals surface area contributed by atoms with Gasteiger partial charge in [-0.25, -0.2) is 4.57 Å². The summed E-state index contributed by atoms with van der Waals surface area (Å²) in [6.45, 7) is 22.3. The maximum absolute atomic E-state index is 13.0. The van der Waals surface area contributed by atoms with Gasteiger partial charge >= 0.3 is 7.82 Å². The molecule has 2 atom stereocenters. The van der Waals surface area contributed by atoms with Crippen LogP contribution in [0.1, 0.15) is 236 Å². The molecule has 0 aliphatic carbocycles. The Morgan fingerprint density at radius 2 is 0.604 bits per heavy atom. The molecule has 0 heterocycles. The maximum Gasteiger partial charge on any atom is 0.474 e. The molecule has 48 heavy (non-hydrogen) atoms. The molecule has 0 fully saturated rings. The highest BCUT2D eigenvalue weighted by molar-refractivity contribution is 7.48. The van der Waals surface area contributed by atoms with Crippen LogP contribution in [-0.2, 0) is 18.1 Å². The highest BCUT2D eigenvalue weighted by Gasteiger charge is 2.26. The predicted molar refractivity (Wildman–Crippen MR) is 215 cm³/mol. The second-order valence-electron chi connectivity index (χ2n) is 16.0. The van der Waals surface area contributed by atoms with Gasteiger partial charge in [0.15, 0.2) is 0 Å². The van der Waals surface area contributed by atoms with E-state index < -0.39 is 7.82 Å². The Hall–Kier alpha value is 0.110. The Morgan fingerprint density at radius 3 is 0.875 bits per heavy atom. The SMILES string of the molecule is CC(C)CCCC(C)CCCC(C)CCCC(C)C.CCCCCCCCOP(=O)(OCCCCCCCC)OCCCCCCCC. The highest BCUT2D eigenvalue weighted by atomic mass is 31.2.